The van der Waals surface area contributed by atoms with E-state index in [1.165, 1.54) is 16.7 Å². The largest absolute Gasteiger partial charge is 0.289 e. The molecule has 0 heterocycles. The molecule has 4 aromatic rings. The molecule has 0 atom stereocenters. The third kappa shape index (κ3) is 2.33. The molecular weight excluding hydrogens is 364 g/mol. The average molecular weight is 382 g/mol. The van der Waals surface area contributed by atoms with Crippen molar-refractivity contribution in [1.29, 1.82) is 0 Å². The first-order valence-electron chi connectivity index (χ1n) is 10.2. The van der Waals surface area contributed by atoms with Gasteiger partial charge in [0.2, 0.25) is 0 Å². The summed E-state index contributed by atoms with van der Waals surface area (Å²) in [7, 11) is 0. The molecule has 0 bridgehead atoms. The molecule has 6 rings (SSSR count). The zero-order chi connectivity index (χ0) is 20.1. The molecule has 30 heavy (non-hydrogen) atoms. The van der Waals surface area contributed by atoms with Gasteiger partial charge in [-0.2, -0.15) is 0 Å². The van der Waals surface area contributed by atoms with E-state index < -0.39 is 0 Å². The number of hydrogen-bond acceptors (Lipinski definition) is 1. The average Bonchev–Trinajstić information content (AvgIpc) is 3.16. The summed E-state index contributed by atoms with van der Waals surface area (Å²) in [5, 5.41) is 0. The van der Waals surface area contributed by atoms with Crippen LogP contribution >= 0.6 is 0 Å². The number of carbonyl (C=O) groups excluding carboxylic acids is 1. The Labute approximate surface area is 175 Å². The van der Waals surface area contributed by atoms with Crippen molar-refractivity contribution in [3.05, 3.63) is 143 Å². The molecule has 0 spiro atoms. The van der Waals surface area contributed by atoms with Crippen molar-refractivity contribution in [2.45, 2.75) is 0 Å². The van der Waals surface area contributed by atoms with E-state index in [9.17, 15) is 4.79 Å². The predicted molar refractivity (Wildman–Crippen MR) is 123 cm³/mol. The predicted octanol–water partition coefficient (Wildman–Crippen LogP) is 6.77. The van der Waals surface area contributed by atoms with Crippen molar-refractivity contribution in [1.82, 2.24) is 0 Å². The third-order valence-corrected chi connectivity index (χ3v) is 6.01. The van der Waals surface area contributed by atoms with Gasteiger partial charge in [0.25, 0.3) is 0 Å². The van der Waals surface area contributed by atoms with Crippen LogP contribution in [0.1, 0.15) is 38.2 Å². The van der Waals surface area contributed by atoms with E-state index in [2.05, 4.69) is 54.6 Å². The Hall–Kier alpha value is -3.97. The first-order valence-corrected chi connectivity index (χ1v) is 10.2. The zero-order valence-electron chi connectivity index (χ0n) is 16.3. The van der Waals surface area contributed by atoms with Gasteiger partial charge >= 0.3 is 0 Å². The standard InChI is InChI=1S/C29H18O/c30-29-24-18-10-9-17-23(24)27-25(19-11-3-1-4-12-19)21-15-7-8-16-22(21)28(27)26(29)20-13-5-2-6-14-20/h1-18H. The van der Waals surface area contributed by atoms with Crippen LogP contribution in [0.3, 0.4) is 0 Å². The Morgan fingerprint density at radius 1 is 0.333 bits per heavy atom. The summed E-state index contributed by atoms with van der Waals surface area (Å²) in [5.41, 5.74) is 10.5. The second-order valence-electron chi connectivity index (χ2n) is 7.65. The maximum Gasteiger partial charge on any atom is 0.194 e. The van der Waals surface area contributed by atoms with Crippen molar-refractivity contribution in [3.8, 4) is 0 Å². The maximum absolute atomic E-state index is 13.7. The van der Waals surface area contributed by atoms with Crippen molar-refractivity contribution < 1.29 is 4.79 Å². The van der Waals surface area contributed by atoms with Gasteiger partial charge in [-0.3, -0.25) is 4.79 Å². The highest BCUT2D eigenvalue weighted by molar-refractivity contribution is 6.47. The lowest BCUT2D eigenvalue weighted by Crippen LogP contribution is -2.13. The van der Waals surface area contributed by atoms with E-state index >= 15 is 0 Å². The number of allylic oxidation sites excluding steroid dienone is 3. The fraction of sp³-hybridized carbons (Fsp3) is 0. The Kier molecular flexibility index (Phi) is 3.69. The molecule has 0 saturated heterocycles. The smallest absolute Gasteiger partial charge is 0.194 e. The number of ketones is 1. The fourth-order valence-electron chi connectivity index (χ4n) is 4.77. The van der Waals surface area contributed by atoms with E-state index in [0.29, 0.717) is 0 Å². The lowest BCUT2D eigenvalue weighted by atomic mass is 9.78. The summed E-state index contributed by atoms with van der Waals surface area (Å²) in [6, 6.07) is 37.0. The fourth-order valence-corrected chi connectivity index (χ4v) is 4.77. The molecule has 0 aromatic heterocycles. The maximum atomic E-state index is 13.7. The van der Waals surface area contributed by atoms with Crippen LogP contribution < -0.4 is 0 Å². The quantitative estimate of drug-likeness (QED) is 0.374. The SMILES string of the molecule is O=C1C(c2ccccc2)=C2C(=C(c3ccccc3)c3ccccc32)c2ccccc21. The van der Waals surface area contributed by atoms with Crippen LogP contribution in [-0.4, -0.2) is 5.78 Å². The lowest BCUT2D eigenvalue weighted by Gasteiger charge is -2.23. The normalized spacial score (nSPS) is 14.5. The van der Waals surface area contributed by atoms with E-state index in [1.807, 2.05) is 54.6 Å². The first-order chi connectivity index (χ1) is 14.8. The number of fused-ring (bicyclic) bond motifs is 5. The van der Waals surface area contributed by atoms with Crippen LogP contribution in [0.15, 0.2) is 109 Å². The van der Waals surface area contributed by atoms with Gasteiger partial charge in [-0.1, -0.05) is 109 Å². The summed E-state index contributed by atoms with van der Waals surface area (Å²) < 4.78 is 0. The molecule has 0 aliphatic heterocycles. The topological polar surface area (TPSA) is 17.1 Å². The molecule has 0 radical (unpaired) electrons. The Balaban J connectivity index is 1.81. The Morgan fingerprint density at radius 2 is 0.700 bits per heavy atom. The summed E-state index contributed by atoms with van der Waals surface area (Å²) in [4.78, 5) is 13.7. The summed E-state index contributed by atoms with van der Waals surface area (Å²) in [6.07, 6.45) is 0. The van der Waals surface area contributed by atoms with E-state index in [4.69, 9.17) is 0 Å². The van der Waals surface area contributed by atoms with Gasteiger partial charge in [0.15, 0.2) is 5.78 Å². The number of benzene rings is 4. The van der Waals surface area contributed by atoms with Gasteiger partial charge < -0.3 is 0 Å². The van der Waals surface area contributed by atoms with Crippen LogP contribution in [0, 0.1) is 0 Å². The number of rotatable bonds is 2. The number of carbonyl (C=O) groups is 1. The van der Waals surface area contributed by atoms with Crippen LogP contribution in [0.5, 0.6) is 0 Å². The first kappa shape index (κ1) is 16.9. The summed E-state index contributed by atoms with van der Waals surface area (Å²) in [5.74, 6) is 0.0969. The monoisotopic (exact) mass is 382 g/mol. The highest BCUT2D eigenvalue weighted by Gasteiger charge is 2.38. The zero-order valence-corrected chi connectivity index (χ0v) is 16.3. The molecule has 0 unspecified atom stereocenters. The van der Waals surface area contributed by atoms with Crippen LogP contribution in [0.4, 0.5) is 0 Å². The highest BCUT2D eigenvalue weighted by Crippen LogP contribution is 2.55. The van der Waals surface area contributed by atoms with Gasteiger partial charge in [0.1, 0.15) is 0 Å². The van der Waals surface area contributed by atoms with Gasteiger partial charge in [0, 0.05) is 16.7 Å². The van der Waals surface area contributed by atoms with Gasteiger partial charge in [-0.05, 0) is 39.0 Å². The van der Waals surface area contributed by atoms with Crippen molar-refractivity contribution in [2.24, 2.45) is 0 Å². The number of Topliss-reactive ketones (excluding diaryl/α,β-unsaturated/α-hetero) is 1. The molecular formula is C29H18O. The van der Waals surface area contributed by atoms with Gasteiger partial charge in [-0.25, -0.2) is 0 Å². The minimum Gasteiger partial charge on any atom is -0.289 e. The van der Waals surface area contributed by atoms with Crippen molar-refractivity contribution in [2.75, 3.05) is 0 Å². The highest BCUT2D eigenvalue weighted by atomic mass is 16.1. The van der Waals surface area contributed by atoms with Crippen molar-refractivity contribution >= 4 is 28.1 Å². The van der Waals surface area contributed by atoms with E-state index in [-0.39, 0.29) is 5.78 Å². The molecule has 0 saturated carbocycles. The molecule has 140 valence electrons. The van der Waals surface area contributed by atoms with E-state index in [0.717, 1.165) is 39.0 Å². The molecule has 0 N–H and O–H groups in total. The van der Waals surface area contributed by atoms with Crippen molar-refractivity contribution in [3.63, 3.8) is 0 Å². The van der Waals surface area contributed by atoms with E-state index in [1.54, 1.807) is 0 Å². The molecule has 2 aliphatic rings. The molecule has 1 heteroatoms. The number of hydrogen-bond donors (Lipinski definition) is 0. The Bertz CT molecular complexity index is 1370. The summed E-state index contributed by atoms with van der Waals surface area (Å²) in [6.45, 7) is 0. The minimum atomic E-state index is 0.0969. The third-order valence-electron chi connectivity index (χ3n) is 6.01. The molecule has 1 nitrogen and oxygen atoms in total. The van der Waals surface area contributed by atoms with Crippen LogP contribution in [-0.2, 0) is 0 Å². The van der Waals surface area contributed by atoms with Gasteiger partial charge in [-0.15, -0.1) is 0 Å². The molecule has 4 aromatic carbocycles. The molecule has 0 fully saturated rings. The molecule has 2 aliphatic carbocycles. The Morgan fingerprint density at radius 3 is 1.27 bits per heavy atom. The lowest BCUT2D eigenvalue weighted by molar-refractivity contribution is 0.105. The minimum absolute atomic E-state index is 0.0969. The second-order valence-corrected chi connectivity index (χ2v) is 7.65. The summed E-state index contributed by atoms with van der Waals surface area (Å²) >= 11 is 0. The second kappa shape index (κ2) is 6.53. The van der Waals surface area contributed by atoms with Gasteiger partial charge in [0.05, 0.1) is 0 Å². The van der Waals surface area contributed by atoms with Crippen LogP contribution in [0.2, 0.25) is 0 Å². The molecule has 0 amide bonds. The van der Waals surface area contributed by atoms with Crippen LogP contribution in [0.25, 0.3) is 22.3 Å².